The fraction of sp³-hybridized carbons (Fsp3) is 0.0400. The van der Waals surface area contributed by atoms with Crippen molar-refractivity contribution in [3.63, 3.8) is 0 Å². The Hall–Kier alpha value is -2.49. The van der Waals surface area contributed by atoms with E-state index in [0.717, 1.165) is 32.6 Å². The average molecular weight is 521 g/mol. The molecule has 5 heterocycles. The molecule has 0 aliphatic heterocycles. The predicted octanol–water partition coefficient (Wildman–Crippen LogP) is 9.69. The first-order valence-corrected chi connectivity index (χ1v) is 14.2. The molecule has 0 unspecified atom stereocenters. The van der Waals surface area contributed by atoms with Gasteiger partial charge in [0.15, 0.2) is 0 Å². The molecule has 0 radical (unpaired) electrons. The van der Waals surface area contributed by atoms with Gasteiger partial charge in [-0.25, -0.2) is 4.39 Å². The Bertz CT molecular complexity index is 1730. The molecule has 2 aromatic carbocycles. The second-order valence-electron chi connectivity index (χ2n) is 7.78. The van der Waals surface area contributed by atoms with Crippen molar-refractivity contribution in [2.75, 3.05) is 0 Å². The Morgan fingerprint density at radius 1 is 0.606 bits per heavy atom. The van der Waals surface area contributed by atoms with Crippen molar-refractivity contribution in [1.29, 1.82) is 0 Å². The minimum absolute atomic E-state index is 0.207. The van der Waals surface area contributed by atoms with Crippen LogP contribution in [0.25, 0.3) is 61.2 Å². The van der Waals surface area contributed by atoms with Crippen LogP contribution in [0.4, 0.5) is 4.39 Å². The number of aromatic nitrogens is 2. The van der Waals surface area contributed by atoms with E-state index in [1.165, 1.54) is 57.3 Å². The number of thiophene rings is 4. The van der Waals surface area contributed by atoms with E-state index in [4.69, 9.17) is 0 Å². The van der Waals surface area contributed by atoms with Gasteiger partial charge in [0.25, 0.3) is 0 Å². The maximum Gasteiger partial charge on any atom is 0.123 e. The van der Waals surface area contributed by atoms with Crippen molar-refractivity contribution in [3.8, 4) is 31.3 Å². The molecule has 33 heavy (non-hydrogen) atoms. The number of aryl methyl sites for hydroxylation is 1. The van der Waals surface area contributed by atoms with Gasteiger partial charge in [-0.05, 0) is 48.9 Å². The number of hydrogen-bond acceptors (Lipinski definition) is 7. The second-order valence-corrected chi connectivity index (χ2v) is 12.8. The van der Waals surface area contributed by atoms with Crippen molar-refractivity contribution >= 4 is 86.9 Å². The molecule has 160 valence electrons. The highest BCUT2D eigenvalue weighted by molar-refractivity contribution is 7.31. The van der Waals surface area contributed by atoms with Crippen LogP contribution in [0.1, 0.15) is 4.88 Å². The van der Waals surface area contributed by atoms with E-state index in [1.54, 1.807) is 22.7 Å². The van der Waals surface area contributed by atoms with Crippen molar-refractivity contribution in [2.24, 2.45) is 0 Å². The maximum atomic E-state index is 13.3. The zero-order valence-electron chi connectivity index (χ0n) is 17.1. The molecule has 0 spiro atoms. The molecule has 0 atom stereocenters. The number of hydrogen-bond donors (Lipinski definition) is 0. The normalized spacial score (nSPS) is 11.9. The summed E-state index contributed by atoms with van der Waals surface area (Å²) in [5.41, 5.74) is 5.29. The molecule has 0 saturated heterocycles. The SMILES string of the molecule is Cc1cc2sc(-c3ccc(-c4cc5sc(-c6ccc(F)cc6)cc5s4)c4nsnc34)cc2s1. The van der Waals surface area contributed by atoms with E-state index in [-0.39, 0.29) is 5.82 Å². The summed E-state index contributed by atoms with van der Waals surface area (Å²) in [7, 11) is 0. The minimum atomic E-state index is -0.207. The largest absolute Gasteiger partial charge is 0.207 e. The Morgan fingerprint density at radius 3 is 1.73 bits per heavy atom. The molecule has 0 fully saturated rings. The first-order valence-electron chi connectivity index (χ1n) is 10.2. The Morgan fingerprint density at radius 2 is 1.12 bits per heavy atom. The van der Waals surface area contributed by atoms with Crippen molar-refractivity contribution in [2.45, 2.75) is 6.92 Å². The summed E-state index contributed by atoms with van der Waals surface area (Å²) < 4.78 is 27.8. The van der Waals surface area contributed by atoms with E-state index in [9.17, 15) is 4.39 Å². The molecular formula is C25H13FN2S5. The van der Waals surface area contributed by atoms with Crippen LogP contribution in [0.2, 0.25) is 0 Å². The van der Waals surface area contributed by atoms with Gasteiger partial charge >= 0.3 is 0 Å². The molecule has 7 aromatic rings. The van der Waals surface area contributed by atoms with E-state index in [1.807, 2.05) is 34.8 Å². The van der Waals surface area contributed by atoms with Crippen LogP contribution in [0.3, 0.4) is 0 Å². The quantitative estimate of drug-likeness (QED) is 0.232. The lowest BCUT2D eigenvalue weighted by atomic mass is 10.1. The van der Waals surface area contributed by atoms with E-state index >= 15 is 0 Å². The van der Waals surface area contributed by atoms with Gasteiger partial charge in [0.1, 0.15) is 16.9 Å². The summed E-state index contributed by atoms with van der Waals surface area (Å²) in [6.07, 6.45) is 0. The highest BCUT2D eigenvalue weighted by Gasteiger charge is 2.18. The molecular weight excluding hydrogens is 508 g/mol. The fourth-order valence-corrected chi connectivity index (χ4v) is 9.42. The van der Waals surface area contributed by atoms with Gasteiger partial charge in [0.2, 0.25) is 0 Å². The third kappa shape index (κ3) is 3.28. The van der Waals surface area contributed by atoms with Crippen LogP contribution in [-0.2, 0) is 0 Å². The molecule has 0 aliphatic carbocycles. The molecule has 5 aromatic heterocycles. The first-order chi connectivity index (χ1) is 16.1. The first kappa shape index (κ1) is 19.9. The zero-order chi connectivity index (χ0) is 22.1. The summed E-state index contributed by atoms with van der Waals surface area (Å²) in [6.45, 7) is 2.16. The van der Waals surface area contributed by atoms with E-state index in [2.05, 4.69) is 52.1 Å². The summed E-state index contributed by atoms with van der Waals surface area (Å²) >= 11 is 8.45. The average Bonchev–Trinajstić information content (AvgIpc) is 3.58. The number of halogens is 1. The van der Waals surface area contributed by atoms with E-state index in [0.29, 0.717) is 0 Å². The summed E-state index contributed by atoms with van der Waals surface area (Å²) in [6, 6.07) is 20.1. The number of fused-ring (bicyclic) bond motifs is 3. The van der Waals surface area contributed by atoms with Crippen LogP contribution in [0, 0.1) is 12.7 Å². The maximum absolute atomic E-state index is 13.3. The lowest BCUT2D eigenvalue weighted by Gasteiger charge is -2.03. The fourth-order valence-electron chi connectivity index (χ4n) is 4.08. The van der Waals surface area contributed by atoms with Crippen molar-refractivity contribution in [3.05, 3.63) is 71.4 Å². The summed E-state index contributed by atoms with van der Waals surface area (Å²) in [5.74, 6) is -0.207. The summed E-state index contributed by atoms with van der Waals surface area (Å²) in [4.78, 5) is 4.95. The molecule has 2 nitrogen and oxygen atoms in total. The van der Waals surface area contributed by atoms with Crippen LogP contribution < -0.4 is 0 Å². The van der Waals surface area contributed by atoms with Crippen LogP contribution in [0.15, 0.2) is 60.7 Å². The molecule has 0 saturated carbocycles. The number of nitrogens with zero attached hydrogens (tertiary/aromatic N) is 2. The molecule has 0 N–H and O–H groups in total. The van der Waals surface area contributed by atoms with Gasteiger partial charge in [-0.15, -0.1) is 45.3 Å². The monoisotopic (exact) mass is 520 g/mol. The van der Waals surface area contributed by atoms with Gasteiger partial charge in [-0.1, -0.05) is 24.3 Å². The van der Waals surface area contributed by atoms with Gasteiger partial charge in [-0.3, -0.25) is 0 Å². The second kappa shape index (κ2) is 7.51. The molecule has 0 bridgehead atoms. The Balaban J connectivity index is 1.31. The van der Waals surface area contributed by atoms with Crippen LogP contribution >= 0.6 is 57.1 Å². The van der Waals surface area contributed by atoms with Gasteiger partial charge in [-0.2, -0.15) is 8.75 Å². The van der Waals surface area contributed by atoms with Crippen molar-refractivity contribution in [1.82, 2.24) is 8.75 Å². The van der Waals surface area contributed by atoms with Crippen LogP contribution in [-0.4, -0.2) is 8.75 Å². The van der Waals surface area contributed by atoms with Gasteiger partial charge in [0.05, 0.1) is 11.7 Å². The number of rotatable bonds is 3. The Labute approximate surface area is 208 Å². The summed E-state index contributed by atoms with van der Waals surface area (Å²) in [5, 5.41) is 0. The lowest BCUT2D eigenvalue weighted by molar-refractivity contribution is 0.628. The van der Waals surface area contributed by atoms with Gasteiger partial charge < -0.3 is 0 Å². The molecule has 7 rings (SSSR count). The third-order valence-corrected chi connectivity index (χ3v) is 10.8. The highest BCUT2D eigenvalue weighted by Crippen LogP contribution is 2.45. The molecule has 8 heteroatoms. The van der Waals surface area contributed by atoms with Gasteiger partial charge in [0, 0.05) is 49.4 Å². The van der Waals surface area contributed by atoms with Crippen LogP contribution in [0.5, 0.6) is 0 Å². The standard InChI is InChI=1S/C25H13FN2S5/c1-12-8-20-21(29-12)10-18(31-20)15-6-7-16(25-24(15)27-33-28-25)19-11-23-22(32-19)9-17(30-23)13-2-4-14(26)5-3-13/h2-11H,1H3. The van der Waals surface area contributed by atoms with Crippen molar-refractivity contribution < 1.29 is 4.39 Å². The Kier molecular flexibility index (Phi) is 4.54. The highest BCUT2D eigenvalue weighted by atomic mass is 32.1. The smallest absolute Gasteiger partial charge is 0.123 e. The third-order valence-electron chi connectivity index (χ3n) is 5.61. The lowest BCUT2D eigenvalue weighted by Crippen LogP contribution is -1.81. The zero-order valence-corrected chi connectivity index (χ0v) is 21.2. The number of benzene rings is 2. The minimum Gasteiger partial charge on any atom is -0.207 e. The topological polar surface area (TPSA) is 25.8 Å². The molecule has 0 aliphatic rings. The van der Waals surface area contributed by atoms with E-state index < -0.39 is 0 Å². The predicted molar refractivity (Wildman–Crippen MR) is 145 cm³/mol. The molecule has 0 amide bonds.